The van der Waals surface area contributed by atoms with E-state index in [1.807, 2.05) is 17.5 Å². The molecule has 2 aromatic rings. The number of alkyl halides is 1. The van der Waals surface area contributed by atoms with E-state index in [9.17, 15) is 4.79 Å². The molecule has 0 saturated carbocycles. The topological polar surface area (TPSA) is 54.0 Å². The number of hydrogen-bond donors (Lipinski definition) is 0. The Balaban J connectivity index is 0.000000235. The maximum Gasteiger partial charge on any atom is 0.224 e. The van der Waals surface area contributed by atoms with Crippen LogP contribution >= 0.6 is 38.6 Å². The lowest BCUT2D eigenvalue weighted by Gasteiger charge is -2.03. The van der Waals surface area contributed by atoms with Gasteiger partial charge in [0.15, 0.2) is 5.78 Å². The van der Waals surface area contributed by atoms with Crippen molar-refractivity contribution >= 4 is 44.4 Å². The van der Waals surface area contributed by atoms with E-state index in [0.29, 0.717) is 27.0 Å². The molecule has 0 aromatic carbocycles. The molecular weight excluding hydrogens is 392 g/mol. The van der Waals surface area contributed by atoms with Crippen LogP contribution in [0, 0.1) is 0 Å². The number of carbonyl (C=O) groups excluding carboxylic acids is 1. The lowest BCUT2D eigenvalue weighted by atomic mass is 10.4. The number of Topliss-reactive ketones (excluding diaryl/α,β-unsaturated/α-hetero) is 1. The Morgan fingerprint density at radius 3 is 1.91 bits per heavy atom. The fourth-order valence-corrected chi connectivity index (χ4v) is 3.51. The molecule has 0 bridgehead atoms. The number of thiophene rings is 2. The smallest absolute Gasteiger partial charge is 0.224 e. The second-order valence-electron chi connectivity index (χ2n) is 3.69. The molecule has 8 heteroatoms. The predicted octanol–water partition coefficient (Wildman–Crippen LogP) is 4.11. The van der Waals surface area contributed by atoms with Crippen LogP contribution in [0.15, 0.2) is 17.5 Å². The number of hydrogen-bond acceptors (Lipinski definition) is 7. The molecule has 0 aliphatic carbocycles. The minimum atomic E-state index is 0.157. The third kappa shape index (κ3) is 4.62. The number of ketones is 1. The quantitative estimate of drug-likeness (QED) is 0.531. The van der Waals surface area contributed by atoms with Crippen LogP contribution in [0.4, 0.5) is 0 Å². The highest BCUT2D eigenvalue weighted by atomic mass is 79.9. The van der Waals surface area contributed by atoms with Crippen LogP contribution in [0.5, 0.6) is 21.6 Å². The van der Waals surface area contributed by atoms with Crippen LogP contribution in [0.2, 0.25) is 0 Å². The van der Waals surface area contributed by atoms with Crippen molar-refractivity contribution in [3.8, 4) is 21.6 Å². The van der Waals surface area contributed by atoms with E-state index < -0.39 is 0 Å². The van der Waals surface area contributed by atoms with Gasteiger partial charge in [0, 0.05) is 0 Å². The summed E-state index contributed by atoms with van der Waals surface area (Å²) < 4.78 is 20.4. The van der Waals surface area contributed by atoms with Gasteiger partial charge in [-0.1, -0.05) is 33.3 Å². The van der Waals surface area contributed by atoms with Crippen molar-refractivity contribution in [2.75, 3.05) is 33.8 Å². The molecule has 0 saturated heterocycles. The molecule has 0 fully saturated rings. The molecule has 0 N–H and O–H groups in total. The van der Waals surface area contributed by atoms with E-state index in [4.69, 9.17) is 18.9 Å². The molecule has 0 unspecified atom stereocenters. The van der Waals surface area contributed by atoms with Crippen molar-refractivity contribution in [2.24, 2.45) is 0 Å². The number of halogens is 1. The highest BCUT2D eigenvalue weighted by Crippen LogP contribution is 2.52. The summed E-state index contributed by atoms with van der Waals surface area (Å²) in [6.07, 6.45) is 0. The molecule has 22 heavy (non-hydrogen) atoms. The Kier molecular flexibility index (Phi) is 8.29. The van der Waals surface area contributed by atoms with Crippen LogP contribution in [-0.2, 0) is 0 Å². The van der Waals surface area contributed by atoms with E-state index in [1.54, 1.807) is 28.4 Å². The van der Waals surface area contributed by atoms with Gasteiger partial charge < -0.3 is 18.9 Å². The second kappa shape index (κ2) is 9.70. The van der Waals surface area contributed by atoms with Gasteiger partial charge in [-0.2, -0.15) is 0 Å². The Labute approximate surface area is 145 Å². The van der Waals surface area contributed by atoms with E-state index in [-0.39, 0.29) is 5.78 Å². The summed E-state index contributed by atoms with van der Waals surface area (Å²) in [5.74, 6) is 1.31. The van der Waals surface area contributed by atoms with E-state index >= 15 is 0 Å². The first-order chi connectivity index (χ1) is 10.6. The zero-order chi connectivity index (χ0) is 16.5. The Morgan fingerprint density at radius 2 is 1.59 bits per heavy atom. The van der Waals surface area contributed by atoms with Gasteiger partial charge in [0.05, 0.1) is 38.6 Å². The first-order valence-corrected chi connectivity index (χ1v) is 8.90. The molecule has 2 rings (SSSR count). The zero-order valence-electron chi connectivity index (χ0n) is 12.7. The fraction of sp³-hybridized carbons (Fsp3) is 0.357. The first-order valence-electron chi connectivity index (χ1n) is 6.08. The third-order valence-corrected chi connectivity index (χ3v) is 4.95. The summed E-state index contributed by atoms with van der Waals surface area (Å²) in [5, 5.41) is 3.62. The molecule has 0 amide bonds. The van der Waals surface area contributed by atoms with Crippen molar-refractivity contribution in [1.29, 1.82) is 0 Å². The minimum absolute atomic E-state index is 0.157. The predicted molar refractivity (Wildman–Crippen MR) is 93.0 cm³/mol. The highest BCUT2D eigenvalue weighted by molar-refractivity contribution is 9.09. The molecule has 0 atom stereocenters. The van der Waals surface area contributed by atoms with Gasteiger partial charge in [0.1, 0.15) is 0 Å². The van der Waals surface area contributed by atoms with Crippen molar-refractivity contribution < 1.29 is 23.7 Å². The average Bonchev–Trinajstić information content (AvgIpc) is 3.20. The maximum atomic E-state index is 10.8. The minimum Gasteiger partial charge on any atom is -0.489 e. The standard InChI is InChI=1S/C8H12O4S.C6H5BrOS/c1-9-5-6(10-2)8(12-4)13-7(5)11-3;7-4-5(8)6-2-1-3-9-6/h1-4H3;1-3H,4H2. The fourth-order valence-electron chi connectivity index (χ4n) is 1.49. The van der Waals surface area contributed by atoms with Crippen LogP contribution in [0.3, 0.4) is 0 Å². The number of rotatable bonds is 6. The molecular formula is C14H17BrO5S2. The molecule has 2 aromatic heterocycles. The molecule has 0 spiro atoms. The van der Waals surface area contributed by atoms with Gasteiger partial charge in [0.25, 0.3) is 0 Å². The summed E-state index contributed by atoms with van der Waals surface area (Å²) >= 11 is 5.91. The van der Waals surface area contributed by atoms with Gasteiger partial charge in [-0.3, -0.25) is 4.79 Å². The molecule has 5 nitrogen and oxygen atoms in total. The lowest BCUT2D eigenvalue weighted by molar-refractivity contribution is 0.102. The lowest BCUT2D eigenvalue weighted by Crippen LogP contribution is -1.94. The molecule has 122 valence electrons. The van der Waals surface area contributed by atoms with E-state index in [1.165, 1.54) is 22.7 Å². The Hall–Kier alpha value is -1.25. The van der Waals surface area contributed by atoms with Gasteiger partial charge in [-0.05, 0) is 11.4 Å². The van der Waals surface area contributed by atoms with Gasteiger partial charge in [0.2, 0.25) is 21.6 Å². The molecule has 0 aliphatic heterocycles. The number of carbonyl (C=O) groups is 1. The van der Waals surface area contributed by atoms with Gasteiger partial charge in [-0.25, -0.2) is 0 Å². The number of ether oxygens (including phenoxy) is 4. The SMILES string of the molecule is COc1sc(OC)c(OC)c1OC.O=C(CBr)c1cccs1. The first kappa shape index (κ1) is 18.8. The maximum absolute atomic E-state index is 10.8. The largest absolute Gasteiger partial charge is 0.489 e. The van der Waals surface area contributed by atoms with Crippen molar-refractivity contribution in [1.82, 2.24) is 0 Å². The zero-order valence-corrected chi connectivity index (χ0v) is 15.9. The normalized spacial score (nSPS) is 9.50. The summed E-state index contributed by atoms with van der Waals surface area (Å²) in [7, 11) is 6.28. The summed E-state index contributed by atoms with van der Waals surface area (Å²) in [6, 6.07) is 3.70. The average molecular weight is 409 g/mol. The van der Waals surface area contributed by atoms with Crippen molar-refractivity contribution in [3.05, 3.63) is 22.4 Å². The molecule has 0 aliphatic rings. The summed E-state index contributed by atoms with van der Waals surface area (Å²) in [5.41, 5.74) is 0. The monoisotopic (exact) mass is 408 g/mol. The van der Waals surface area contributed by atoms with Crippen LogP contribution in [0.25, 0.3) is 0 Å². The van der Waals surface area contributed by atoms with E-state index in [2.05, 4.69) is 15.9 Å². The summed E-state index contributed by atoms with van der Waals surface area (Å²) in [4.78, 5) is 11.7. The van der Waals surface area contributed by atoms with Gasteiger partial charge in [-0.15, -0.1) is 11.3 Å². The van der Waals surface area contributed by atoms with Crippen molar-refractivity contribution in [2.45, 2.75) is 0 Å². The van der Waals surface area contributed by atoms with Gasteiger partial charge >= 0.3 is 0 Å². The summed E-state index contributed by atoms with van der Waals surface area (Å²) in [6.45, 7) is 0. The highest BCUT2D eigenvalue weighted by Gasteiger charge is 2.21. The molecule has 2 heterocycles. The second-order valence-corrected chi connectivity index (χ2v) is 6.14. The van der Waals surface area contributed by atoms with Crippen LogP contribution in [-0.4, -0.2) is 39.6 Å². The Morgan fingerprint density at radius 1 is 1.05 bits per heavy atom. The molecule has 0 radical (unpaired) electrons. The van der Waals surface area contributed by atoms with Crippen LogP contribution < -0.4 is 18.9 Å². The number of methoxy groups -OCH3 is 4. The van der Waals surface area contributed by atoms with Crippen LogP contribution in [0.1, 0.15) is 9.67 Å². The Bertz CT molecular complexity index is 554. The third-order valence-electron chi connectivity index (χ3n) is 2.46. The van der Waals surface area contributed by atoms with E-state index in [0.717, 1.165) is 4.88 Å². The van der Waals surface area contributed by atoms with Crippen molar-refractivity contribution in [3.63, 3.8) is 0 Å².